The van der Waals surface area contributed by atoms with Crippen LogP contribution in [0, 0.1) is 0 Å². The van der Waals surface area contributed by atoms with Gasteiger partial charge in [-0.2, -0.15) is 13.1 Å². The zero-order chi connectivity index (χ0) is 11.5. The molecule has 0 aliphatic rings. The molecule has 0 saturated carbocycles. The molecule has 15 heavy (non-hydrogen) atoms. The summed E-state index contributed by atoms with van der Waals surface area (Å²) in [6, 6.07) is 4.46. The summed E-state index contributed by atoms with van der Waals surface area (Å²) >= 11 is 0. The van der Waals surface area contributed by atoms with Crippen LogP contribution in [0.25, 0.3) is 0 Å². The molecular weight excluding hydrogens is 218 g/mol. The average molecular weight is 231 g/mol. The molecule has 1 aromatic carbocycles. The van der Waals surface area contributed by atoms with Gasteiger partial charge in [-0.15, -0.1) is 0 Å². The Labute approximate surface area is 88.3 Å². The molecule has 0 amide bonds. The van der Waals surface area contributed by atoms with Crippen molar-refractivity contribution in [3.63, 3.8) is 0 Å². The molecule has 0 saturated heterocycles. The van der Waals surface area contributed by atoms with Gasteiger partial charge in [-0.3, -0.25) is 0 Å². The molecule has 1 rings (SSSR count). The molecule has 0 aliphatic heterocycles. The summed E-state index contributed by atoms with van der Waals surface area (Å²) in [5, 5.41) is 9.39. The van der Waals surface area contributed by atoms with Crippen LogP contribution in [0.2, 0.25) is 0 Å². The normalized spacial score (nSPS) is 11.5. The predicted molar refractivity (Wildman–Crippen MR) is 57.3 cm³/mol. The van der Waals surface area contributed by atoms with E-state index in [2.05, 4.69) is 9.44 Å². The molecule has 0 aromatic heterocycles. The molecule has 0 heterocycles. The molecule has 84 valence electrons. The van der Waals surface area contributed by atoms with E-state index >= 15 is 0 Å². The molecule has 0 aliphatic carbocycles. The van der Waals surface area contributed by atoms with E-state index in [0.29, 0.717) is 11.3 Å². The average Bonchev–Trinajstić information content (AvgIpc) is 2.20. The van der Waals surface area contributed by atoms with Gasteiger partial charge in [0.2, 0.25) is 0 Å². The number of nitrogen functional groups attached to an aromatic ring is 1. The fourth-order valence-corrected chi connectivity index (χ4v) is 1.48. The fraction of sp³-hybridized carbons (Fsp3) is 0.250. The largest absolute Gasteiger partial charge is 0.508 e. The highest BCUT2D eigenvalue weighted by molar-refractivity contribution is 7.87. The van der Waals surface area contributed by atoms with Crippen LogP contribution in [0.4, 0.5) is 5.69 Å². The Balaban J connectivity index is 2.78. The summed E-state index contributed by atoms with van der Waals surface area (Å²) in [6.45, 7) is -0.0138. The number of phenolic OH excluding ortho intramolecular Hbond substituents is 1. The molecule has 5 N–H and O–H groups in total. The maximum atomic E-state index is 11.0. The van der Waals surface area contributed by atoms with Gasteiger partial charge in [0.05, 0.1) is 0 Å². The number of hydrogen-bond acceptors (Lipinski definition) is 4. The van der Waals surface area contributed by atoms with Crippen molar-refractivity contribution in [3.8, 4) is 5.75 Å². The molecule has 0 atom stereocenters. The summed E-state index contributed by atoms with van der Waals surface area (Å²) in [4.78, 5) is 0. The third-order valence-corrected chi connectivity index (χ3v) is 2.89. The first-order chi connectivity index (χ1) is 6.94. The SMILES string of the molecule is CNS(=O)(=O)NCc1cc(N)ccc1O. The maximum absolute atomic E-state index is 11.0. The molecule has 0 bridgehead atoms. The number of nitrogens with two attached hydrogens (primary N) is 1. The Morgan fingerprint density at radius 1 is 1.47 bits per heavy atom. The van der Waals surface area contributed by atoms with E-state index in [9.17, 15) is 13.5 Å². The minimum absolute atomic E-state index is 0.00278. The predicted octanol–water partition coefficient (Wildman–Crippen LogP) is -0.472. The summed E-state index contributed by atoms with van der Waals surface area (Å²) in [6.07, 6.45) is 0. The number of nitrogens with one attached hydrogen (secondary N) is 2. The smallest absolute Gasteiger partial charge is 0.276 e. The Bertz CT molecular complexity index is 444. The maximum Gasteiger partial charge on any atom is 0.276 e. The van der Waals surface area contributed by atoms with Crippen molar-refractivity contribution in [2.45, 2.75) is 6.54 Å². The highest BCUT2D eigenvalue weighted by Crippen LogP contribution is 2.19. The topological polar surface area (TPSA) is 104 Å². The minimum atomic E-state index is -3.50. The number of rotatable bonds is 4. The summed E-state index contributed by atoms with van der Waals surface area (Å²) < 4.78 is 26.4. The van der Waals surface area contributed by atoms with Crippen molar-refractivity contribution in [2.24, 2.45) is 0 Å². The quantitative estimate of drug-likeness (QED) is 0.415. The van der Waals surface area contributed by atoms with E-state index in [4.69, 9.17) is 5.73 Å². The minimum Gasteiger partial charge on any atom is -0.508 e. The van der Waals surface area contributed by atoms with Crippen LogP contribution in [-0.4, -0.2) is 20.6 Å². The zero-order valence-electron chi connectivity index (χ0n) is 8.19. The Hall–Kier alpha value is -1.31. The second-order valence-electron chi connectivity index (χ2n) is 2.92. The number of anilines is 1. The molecule has 6 nitrogen and oxygen atoms in total. The summed E-state index contributed by atoms with van der Waals surface area (Å²) in [5.74, 6) is 0.00278. The third-order valence-electron chi connectivity index (χ3n) is 1.82. The zero-order valence-corrected chi connectivity index (χ0v) is 9.00. The highest BCUT2D eigenvalue weighted by Gasteiger charge is 2.07. The van der Waals surface area contributed by atoms with Crippen LogP contribution >= 0.6 is 0 Å². The van der Waals surface area contributed by atoms with Gasteiger partial charge >= 0.3 is 0 Å². The van der Waals surface area contributed by atoms with Gasteiger partial charge in [-0.25, -0.2) is 4.72 Å². The lowest BCUT2D eigenvalue weighted by atomic mass is 10.2. The van der Waals surface area contributed by atoms with Crippen molar-refractivity contribution < 1.29 is 13.5 Å². The molecule has 0 radical (unpaired) electrons. The first-order valence-corrected chi connectivity index (χ1v) is 5.68. The van der Waals surface area contributed by atoms with Gasteiger partial charge < -0.3 is 10.8 Å². The summed E-state index contributed by atoms with van der Waals surface area (Å²) in [7, 11) is -2.21. The highest BCUT2D eigenvalue weighted by atomic mass is 32.2. The third kappa shape index (κ3) is 3.39. The van der Waals surface area contributed by atoms with E-state index in [1.807, 2.05) is 0 Å². The van der Waals surface area contributed by atoms with Gasteiger partial charge in [0, 0.05) is 24.8 Å². The first-order valence-electron chi connectivity index (χ1n) is 4.20. The van der Waals surface area contributed by atoms with Gasteiger partial charge in [0.25, 0.3) is 10.2 Å². The van der Waals surface area contributed by atoms with Gasteiger partial charge in [-0.05, 0) is 18.2 Å². The van der Waals surface area contributed by atoms with Crippen LogP contribution in [0.15, 0.2) is 18.2 Å². The molecular formula is C8H13N3O3S. The number of benzene rings is 1. The second-order valence-corrected chi connectivity index (χ2v) is 4.62. The lowest BCUT2D eigenvalue weighted by Crippen LogP contribution is -2.33. The van der Waals surface area contributed by atoms with Crippen molar-refractivity contribution in [1.82, 2.24) is 9.44 Å². The molecule has 1 aromatic rings. The standard InChI is InChI=1S/C8H13N3O3S/c1-10-15(13,14)11-5-6-4-7(9)2-3-8(6)12/h2-4,10-12H,5,9H2,1H3. The van der Waals surface area contributed by atoms with Crippen LogP contribution < -0.4 is 15.2 Å². The van der Waals surface area contributed by atoms with Crippen LogP contribution in [0.3, 0.4) is 0 Å². The van der Waals surface area contributed by atoms with Gasteiger partial charge in [0.15, 0.2) is 0 Å². The Morgan fingerprint density at radius 2 is 2.13 bits per heavy atom. The lowest BCUT2D eigenvalue weighted by molar-refractivity contribution is 0.467. The van der Waals surface area contributed by atoms with E-state index < -0.39 is 10.2 Å². The molecule has 0 unspecified atom stereocenters. The lowest BCUT2D eigenvalue weighted by Gasteiger charge is -2.07. The number of aromatic hydroxyl groups is 1. The van der Waals surface area contributed by atoms with Crippen LogP contribution in [0.1, 0.15) is 5.56 Å². The Morgan fingerprint density at radius 3 is 2.73 bits per heavy atom. The van der Waals surface area contributed by atoms with Crippen molar-refractivity contribution >= 4 is 15.9 Å². The molecule has 0 fully saturated rings. The van der Waals surface area contributed by atoms with Crippen molar-refractivity contribution in [2.75, 3.05) is 12.8 Å². The second kappa shape index (κ2) is 4.47. The number of hydrogen-bond donors (Lipinski definition) is 4. The monoisotopic (exact) mass is 231 g/mol. The van der Waals surface area contributed by atoms with Crippen LogP contribution in [-0.2, 0) is 16.8 Å². The first kappa shape index (κ1) is 11.8. The Kier molecular flexibility index (Phi) is 3.51. The van der Waals surface area contributed by atoms with E-state index in [0.717, 1.165) is 0 Å². The van der Waals surface area contributed by atoms with Crippen molar-refractivity contribution in [1.29, 1.82) is 0 Å². The molecule has 0 spiro atoms. The van der Waals surface area contributed by atoms with Crippen LogP contribution in [0.5, 0.6) is 5.75 Å². The van der Waals surface area contributed by atoms with Gasteiger partial charge in [-0.1, -0.05) is 0 Å². The van der Waals surface area contributed by atoms with E-state index in [1.165, 1.54) is 25.2 Å². The summed E-state index contributed by atoms with van der Waals surface area (Å²) in [5.41, 5.74) is 6.38. The fourth-order valence-electron chi connectivity index (χ4n) is 0.992. The molecule has 7 heteroatoms. The van der Waals surface area contributed by atoms with E-state index in [-0.39, 0.29) is 12.3 Å². The van der Waals surface area contributed by atoms with Crippen molar-refractivity contribution in [3.05, 3.63) is 23.8 Å². The van der Waals surface area contributed by atoms with Gasteiger partial charge in [0.1, 0.15) is 5.75 Å². The van der Waals surface area contributed by atoms with E-state index in [1.54, 1.807) is 0 Å². The number of phenols is 1.